The fourth-order valence-corrected chi connectivity index (χ4v) is 4.46. The molecule has 27 heavy (non-hydrogen) atoms. The SMILES string of the molecule is Cc1ccc(N2CCC(N3C[C@@H](CN)[C@H](c4ccccc4)C3)C2=O)cc1.Cl. The topological polar surface area (TPSA) is 49.6 Å². The van der Waals surface area contributed by atoms with Crippen LogP contribution in [0.5, 0.6) is 0 Å². The van der Waals surface area contributed by atoms with Crippen LogP contribution in [-0.2, 0) is 4.79 Å². The number of amides is 1. The lowest BCUT2D eigenvalue weighted by Crippen LogP contribution is -2.41. The zero-order valence-corrected chi connectivity index (χ0v) is 16.6. The van der Waals surface area contributed by atoms with Crippen LogP contribution in [0.15, 0.2) is 54.6 Å². The van der Waals surface area contributed by atoms with Crippen LogP contribution in [0.2, 0.25) is 0 Å². The van der Waals surface area contributed by atoms with Gasteiger partial charge in [0.2, 0.25) is 5.91 Å². The molecule has 0 aliphatic carbocycles. The Morgan fingerprint density at radius 2 is 1.74 bits per heavy atom. The van der Waals surface area contributed by atoms with E-state index < -0.39 is 0 Å². The molecule has 2 aliphatic heterocycles. The van der Waals surface area contributed by atoms with Gasteiger partial charge in [0.05, 0.1) is 6.04 Å². The lowest BCUT2D eigenvalue weighted by atomic mass is 9.89. The first-order valence-corrected chi connectivity index (χ1v) is 9.54. The summed E-state index contributed by atoms with van der Waals surface area (Å²) in [5.41, 5.74) is 9.63. The van der Waals surface area contributed by atoms with Crippen LogP contribution in [0.4, 0.5) is 5.69 Å². The van der Waals surface area contributed by atoms with E-state index >= 15 is 0 Å². The van der Waals surface area contributed by atoms with Gasteiger partial charge in [0, 0.05) is 31.2 Å². The molecule has 0 spiro atoms. The Morgan fingerprint density at radius 1 is 1.04 bits per heavy atom. The number of carbonyl (C=O) groups excluding carboxylic acids is 1. The van der Waals surface area contributed by atoms with Gasteiger partial charge in [-0.3, -0.25) is 9.69 Å². The minimum atomic E-state index is -0.0148. The van der Waals surface area contributed by atoms with E-state index in [2.05, 4.69) is 60.4 Å². The van der Waals surface area contributed by atoms with Gasteiger partial charge in [-0.25, -0.2) is 0 Å². The zero-order chi connectivity index (χ0) is 18.1. The van der Waals surface area contributed by atoms with Crippen LogP contribution < -0.4 is 10.6 Å². The molecule has 4 rings (SSSR count). The van der Waals surface area contributed by atoms with E-state index in [0.29, 0.717) is 18.4 Å². The number of nitrogens with two attached hydrogens (primary N) is 1. The number of aryl methyl sites for hydroxylation is 1. The van der Waals surface area contributed by atoms with Gasteiger partial charge in [0.15, 0.2) is 0 Å². The molecule has 144 valence electrons. The predicted molar refractivity (Wildman–Crippen MR) is 112 cm³/mol. The normalized spacial score (nSPS) is 25.6. The highest BCUT2D eigenvalue weighted by Gasteiger charge is 2.42. The van der Waals surface area contributed by atoms with Crippen molar-refractivity contribution in [3.05, 3.63) is 65.7 Å². The summed E-state index contributed by atoms with van der Waals surface area (Å²) in [7, 11) is 0. The van der Waals surface area contributed by atoms with Crippen molar-refractivity contribution in [3.8, 4) is 0 Å². The average Bonchev–Trinajstić information content (AvgIpc) is 3.26. The van der Waals surface area contributed by atoms with Crippen LogP contribution >= 0.6 is 12.4 Å². The maximum Gasteiger partial charge on any atom is 0.244 e. The maximum atomic E-state index is 13.1. The third-order valence-corrected chi connectivity index (χ3v) is 5.96. The highest BCUT2D eigenvalue weighted by molar-refractivity contribution is 5.99. The van der Waals surface area contributed by atoms with E-state index in [4.69, 9.17) is 5.73 Å². The first-order chi connectivity index (χ1) is 12.7. The summed E-state index contributed by atoms with van der Waals surface area (Å²) in [4.78, 5) is 17.4. The fourth-order valence-electron chi connectivity index (χ4n) is 4.46. The zero-order valence-electron chi connectivity index (χ0n) is 15.8. The number of benzene rings is 2. The number of rotatable bonds is 4. The Kier molecular flexibility index (Phi) is 6.20. The second kappa shape index (κ2) is 8.42. The third kappa shape index (κ3) is 3.88. The van der Waals surface area contributed by atoms with E-state index in [1.807, 2.05) is 11.0 Å². The molecule has 2 N–H and O–H groups in total. The van der Waals surface area contributed by atoms with Crippen molar-refractivity contribution < 1.29 is 4.79 Å². The molecule has 0 aromatic heterocycles. The first kappa shape index (κ1) is 19.9. The van der Waals surface area contributed by atoms with Crippen molar-refractivity contribution in [2.75, 3.05) is 31.1 Å². The molecule has 1 amide bonds. The number of likely N-dealkylation sites (tertiary alicyclic amines) is 1. The summed E-state index contributed by atoms with van der Waals surface area (Å²) in [6.07, 6.45) is 0.894. The minimum absolute atomic E-state index is 0. The van der Waals surface area contributed by atoms with Gasteiger partial charge in [-0.1, -0.05) is 48.0 Å². The number of halogens is 1. The van der Waals surface area contributed by atoms with Crippen LogP contribution in [0.25, 0.3) is 0 Å². The summed E-state index contributed by atoms with van der Waals surface area (Å²) >= 11 is 0. The van der Waals surface area contributed by atoms with Gasteiger partial charge in [-0.05, 0) is 43.5 Å². The molecule has 0 bridgehead atoms. The van der Waals surface area contributed by atoms with Crippen molar-refractivity contribution in [2.45, 2.75) is 25.3 Å². The smallest absolute Gasteiger partial charge is 0.244 e. The Morgan fingerprint density at radius 3 is 2.41 bits per heavy atom. The second-order valence-electron chi connectivity index (χ2n) is 7.60. The summed E-state index contributed by atoms with van der Waals surface area (Å²) in [6.45, 7) is 5.36. The average molecular weight is 386 g/mol. The van der Waals surface area contributed by atoms with Gasteiger partial charge in [0.1, 0.15) is 0 Å². The van der Waals surface area contributed by atoms with Crippen molar-refractivity contribution >= 4 is 24.0 Å². The molecular weight excluding hydrogens is 358 g/mol. The highest BCUT2D eigenvalue weighted by Crippen LogP contribution is 2.35. The number of carbonyl (C=O) groups is 1. The second-order valence-corrected chi connectivity index (χ2v) is 7.60. The van der Waals surface area contributed by atoms with Gasteiger partial charge in [-0.15, -0.1) is 12.4 Å². The lowest BCUT2D eigenvalue weighted by molar-refractivity contribution is -0.121. The van der Waals surface area contributed by atoms with Gasteiger partial charge >= 0.3 is 0 Å². The fraction of sp³-hybridized carbons (Fsp3) is 0.409. The molecule has 2 aliphatic rings. The summed E-state index contributed by atoms with van der Waals surface area (Å²) in [5, 5.41) is 0. The van der Waals surface area contributed by atoms with Crippen LogP contribution in [0.1, 0.15) is 23.5 Å². The molecule has 3 atom stereocenters. The first-order valence-electron chi connectivity index (χ1n) is 9.54. The minimum Gasteiger partial charge on any atom is -0.330 e. The van der Waals surface area contributed by atoms with Crippen molar-refractivity contribution in [1.29, 1.82) is 0 Å². The van der Waals surface area contributed by atoms with Crippen molar-refractivity contribution in [3.63, 3.8) is 0 Å². The number of hydrogen-bond acceptors (Lipinski definition) is 3. The van der Waals surface area contributed by atoms with Gasteiger partial charge in [0.25, 0.3) is 0 Å². The largest absolute Gasteiger partial charge is 0.330 e. The number of hydrogen-bond donors (Lipinski definition) is 1. The monoisotopic (exact) mass is 385 g/mol. The molecule has 2 fully saturated rings. The van der Waals surface area contributed by atoms with Crippen molar-refractivity contribution in [2.24, 2.45) is 11.7 Å². The molecule has 5 heteroatoms. The molecule has 0 saturated carbocycles. The molecule has 0 radical (unpaired) electrons. The van der Waals surface area contributed by atoms with E-state index in [-0.39, 0.29) is 24.4 Å². The molecule has 1 unspecified atom stereocenters. The summed E-state index contributed by atoms with van der Waals surface area (Å²) in [6, 6.07) is 18.8. The Hall–Kier alpha value is -1.88. The summed E-state index contributed by atoms with van der Waals surface area (Å²) in [5.74, 6) is 1.07. The standard InChI is InChI=1S/C22H27N3O.ClH/c1-16-7-9-19(10-8-16)25-12-11-21(22(25)26)24-14-18(13-23)20(15-24)17-5-3-2-4-6-17;/h2-10,18,20-21H,11-15,23H2,1H3;1H/t18-,20+,21?;/m1./s1. The Labute approximate surface area is 167 Å². The molecule has 2 saturated heterocycles. The van der Waals surface area contributed by atoms with E-state index in [1.165, 1.54) is 11.1 Å². The predicted octanol–water partition coefficient (Wildman–Crippen LogP) is 3.20. The molecular formula is C22H28ClN3O. The van der Waals surface area contributed by atoms with Crippen LogP contribution in [-0.4, -0.2) is 43.0 Å². The molecule has 2 aromatic rings. The molecule has 2 aromatic carbocycles. The summed E-state index contributed by atoms with van der Waals surface area (Å²) < 4.78 is 0. The quantitative estimate of drug-likeness (QED) is 0.879. The van der Waals surface area contributed by atoms with E-state index in [9.17, 15) is 4.79 Å². The number of anilines is 1. The molecule has 2 heterocycles. The Balaban J connectivity index is 0.00000210. The van der Waals surface area contributed by atoms with E-state index in [0.717, 1.165) is 31.7 Å². The lowest BCUT2D eigenvalue weighted by Gasteiger charge is -2.23. The van der Waals surface area contributed by atoms with Crippen LogP contribution in [0.3, 0.4) is 0 Å². The highest BCUT2D eigenvalue weighted by atomic mass is 35.5. The van der Waals surface area contributed by atoms with E-state index in [1.54, 1.807) is 0 Å². The van der Waals surface area contributed by atoms with Gasteiger partial charge in [-0.2, -0.15) is 0 Å². The Bertz CT molecular complexity index is 765. The van der Waals surface area contributed by atoms with Crippen LogP contribution in [0, 0.1) is 12.8 Å². The molecule has 4 nitrogen and oxygen atoms in total. The van der Waals surface area contributed by atoms with Gasteiger partial charge < -0.3 is 10.6 Å². The number of nitrogens with zero attached hydrogens (tertiary/aromatic N) is 2. The maximum absolute atomic E-state index is 13.1. The third-order valence-electron chi connectivity index (χ3n) is 5.96. The van der Waals surface area contributed by atoms with Crippen molar-refractivity contribution in [1.82, 2.24) is 4.90 Å².